The minimum Gasteiger partial charge on any atom is -0.496 e. The lowest BCUT2D eigenvalue weighted by molar-refractivity contribution is 0.391. The van der Waals surface area contributed by atoms with Gasteiger partial charge in [0.25, 0.3) is 10.0 Å². The molecule has 0 spiro atoms. The quantitative estimate of drug-likeness (QED) is 0.569. The first-order valence-electron chi connectivity index (χ1n) is 10.1. The van der Waals surface area contributed by atoms with Gasteiger partial charge in [0.05, 0.1) is 16.9 Å². The molecular weight excluding hydrogens is 467 g/mol. The highest BCUT2D eigenvalue weighted by molar-refractivity contribution is 7.92. The normalized spacial score (nSPS) is 14.5. The third-order valence-electron chi connectivity index (χ3n) is 5.56. The summed E-state index contributed by atoms with van der Waals surface area (Å²) in [4.78, 5) is 0.109. The van der Waals surface area contributed by atoms with Gasteiger partial charge in [0.15, 0.2) is 0 Å². The number of methoxy groups -OCH3 is 1. The highest BCUT2D eigenvalue weighted by atomic mass is 32.2. The predicted octanol–water partition coefficient (Wildman–Crippen LogP) is 3.69. The van der Waals surface area contributed by atoms with Gasteiger partial charge in [0.2, 0.25) is 10.0 Å². The molecule has 0 amide bonds. The zero-order valence-corrected chi connectivity index (χ0v) is 19.7. The number of aryl methyl sites for hydroxylation is 1. The van der Waals surface area contributed by atoms with Gasteiger partial charge in [-0.15, -0.1) is 0 Å². The van der Waals surface area contributed by atoms with Crippen LogP contribution in [-0.4, -0.2) is 34.8 Å². The van der Waals surface area contributed by atoms with Crippen molar-refractivity contribution >= 4 is 25.7 Å². The van der Waals surface area contributed by atoms with E-state index in [1.54, 1.807) is 31.2 Å². The summed E-state index contributed by atoms with van der Waals surface area (Å²) < 4.78 is 73.9. The molecule has 33 heavy (non-hydrogen) atoms. The average Bonchev–Trinajstić information content (AvgIpc) is 2.78. The summed E-state index contributed by atoms with van der Waals surface area (Å²) in [7, 11) is -6.14. The largest absolute Gasteiger partial charge is 0.496 e. The van der Waals surface area contributed by atoms with Crippen molar-refractivity contribution in [2.45, 2.75) is 29.7 Å². The maximum Gasteiger partial charge on any atom is 0.261 e. The molecule has 0 aromatic heterocycles. The van der Waals surface area contributed by atoms with Crippen molar-refractivity contribution in [1.29, 1.82) is 0 Å². The summed E-state index contributed by atoms with van der Waals surface area (Å²) in [5.74, 6) is 0.0760. The summed E-state index contributed by atoms with van der Waals surface area (Å²) in [6.07, 6.45) is 0.487. The zero-order valence-electron chi connectivity index (χ0n) is 18.1. The maximum absolute atomic E-state index is 13.2. The molecule has 0 atom stereocenters. The number of anilines is 1. The second-order valence-corrected chi connectivity index (χ2v) is 11.4. The molecule has 1 heterocycles. The highest BCUT2D eigenvalue weighted by Gasteiger charge is 2.28. The van der Waals surface area contributed by atoms with Crippen LogP contribution in [0.2, 0.25) is 0 Å². The number of rotatable bonds is 6. The van der Waals surface area contributed by atoms with Crippen molar-refractivity contribution in [3.63, 3.8) is 0 Å². The SMILES string of the molecule is COc1ccc(S(=O)(=O)Nc2ccc3c(c2)CN(S(=O)(=O)c2ccc(F)cc2)CC3)cc1C. The summed E-state index contributed by atoms with van der Waals surface area (Å²) in [5.41, 5.74) is 2.68. The molecule has 0 saturated heterocycles. The van der Waals surface area contributed by atoms with Gasteiger partial charge in [-0.1, -0.05) is 6.07 Å². The van der Waals surface area contributed by atoms with E-state index in [0.717, 1.165) is 17.7 Å². The van der Waals surface area contributed by atoms with Gasteiger partial charge >= 0.3 is 0 Å². The molecule has 3 aromatic rings. The van der Waals surface area contributed by atoms with E-state index in [1.807, 2.05) is 0 Å². The van der Waals surface area contributed by atoms with Crippen molar-refractivity contribution < 1.29 is 26.0 Å². The average molecular weight is 491 g/mol. The van der Waals surface area contributed by atoms with Crippen LogP contribution in [0.15, 0.2) is 70.5 Å². The van der Waals surface area contributed by atoms with Crippen LogP contribution in [0.1, 0.15) is 16.7 Å². The van der Waals surface area contributed by atoms with Crippen molar-refractivity contribution in [3.8, 4) is 5.75 Å². The van der Waals surface area contributed by atoms with Gasteiger partial charge in [0, 0.05) is 18.8 Å². The molecule has 0 aliphatic carbocycles. The molecule has 7 nitrogen and oxygen atoms in total. The van der Waals surface area contributed by atoms with E-state index >= 15 is 0 Å². The molecule has 1 aliphatic rings. The first kappa shape index (κ1) is 23.2. The van der Waals surface area contributed by atoms with Gasteiger partial charge in [0.1, 0.15) is 11.6 Å². The third kappa shape index (κ3) is 4.73. The number of sulfonamides is 2. The van der Waals surface area contributed by atoms with Crippen LogP contribution in [0.5, 0.6) is 5.75 Å². The number of hydrogen-bond acceptors (Lipinski definition) is 5. The molecule has 4 rings (SSSR count). The Kier molecular flexibility index (Phi) is 6.17. The van der Waals surface area contributed by atoms with Crippen LogP contribution in [0, 0.1) is 12.7 Å². The lowest BCUT2D eigenvalue weighted by atomic mass is 10.0. The van der Waals surface area contributed by atoms with E-state index < -0.39 is 25.9 Å². The fourth-order valence-electron chi connectivity index (χ4n) is 3.79. The summed E-state index contributed by atoms with van der Waals surface area (Å²) in [6, 6.07) is 14.4. The van der Waals surface area contributed by atoms with E-state index in [9.17, 15) is 21.2 Å². The summed E-state index contributed by atoms with van der Waals surface area (Å²) in [6.45, 7) is 2.13. The van der Waals surface area contributed by atoms with Crippen LogP contribution in [0.3, 0.4) is 0 Å². The minimum atomic E-state index is -3.85. The first-order chi connectivity index (χ1) is 15.6. The van der Waals surface area contributed by atoms with E-state index in [1.165, 1.54) is 35.7 Å². The van der Waals surface area contributed by atoms with Crippen LogP contribution in [0.25, 0.3) is 0 Å². The fourth-order valence-corrected chi connectivity index (χ4v) is 6.34. The van der Waals surface area contributed by atoms with Crippen LogP contribution >= 0.6 is 0 Å². The van der Waals surface area contributed by atoms with E-state index in [0.29, 0.717) is 29.0 Å². The monoisotopic (exact) mass is 490 g/mol. The Morgan fingerprint density at radius 1 is 0.909 bits per heavy atom. The van der Waals surface area contributed by atoms with Crippen LogP contribution in [-0.2, 0) is 33.0 Å². The Bertz CT molecular complexity index is 1410. The summed E-state index contributed by atoms with van der Waals surface area (Å²) >= 11 is 0. The van der Waals surface area contributed by atoms with Crippen LogP contribution in [0.4, 0.5) is 10.1 Å². The van der Waals surface area contributed by atoms with E-state index in [-0.39, 0.29) is 22.9 Å². The topological polar surface area (TPSA) is 92.8 Å². The Hall–Kier alpha value is -2.95. The Morgan fingerprint density at radius 3 is 2.27 bits per heavy atom. The van der Waals surface area contributed by atoms with Crippen molar-refractivity contribution in [2.75, 3.05) is 18.4 Å². The number of halogens is 1. The van der Waals surface area contributed by atoms with E-state index in [4.69, 9.17) is 4.74 Å². The molecule has 0 fully saturated rings. The fraction of sp³-hybridized carbons (Fsp3) is 0.217. The van der Waals surface area contributed by atoms with Crippen molar-refractivity contribution in [1.82, 2.24) is 4.31 Å². The molecule has 174 valence electrons. The van der Waals surface area contributed by atoms with Gasteiger partial charge in [-0.05, 0) is 84.6 Å². The summed E-state index contributed by atoms with van der Waals surface area (Å²) in [5, 5.41) is 0. The molecule has 0 saturated carbocycles. The second-order valence-electron chi connectivity index (χ2n) is 7.76. The molecular formula is C23H23FN2O5S2. The lowest BCUT2D eigenvalue weighted by Gasteiger charge is -2.28. The number of nitrogens with zero attached hydrogens (tertiary/aromatic N) is 1. The predicted molar refractivity (Wildman–Crippen MR) is 123 cm³/mol. The molecule has 0 unspecified atom stereocenters. The number of hydrogen-bond donors (Lipinski definition) is 1. The molecule has 1 N–H and O–H groups in total. The van der Waals surface area contributed by atoms with Gasteiger partial charge in [-0.3, -0.25) is 4.72 Å². The molecule has 1 aliphatic heterocycles. The zero-order chi connectivity index (χ0) is 23.8. The van der Waals surface area contributed by atoms with Gasteiger partial charge in [-0.25, -0.2) is 21.2 Å². The number of benzene rings is 3. The maximum atomic E-state index is 13.2. The molecule has 10 heteroatoms. The third-order valence-corrected chi connectivity index (χ3v) is 8.80. The standard InChI is InChI=1S/C23H23FN2O5S2/c1-16-13-22(9-10-23(16)31-2)32(27,28)25-20-6-3-17-11-12-26(15-18(17)14-20)33(29,30)21-7-4-19(24)5-8-21/h3-10,13-14,25H,11-12,15H2,1-2H3. The van der Waals surface area contributed by atoms with Gasteiger partial charge in [-0.2, -0.15) is 4.31 Å². The molecule has 3 aromatic carbocycles. The first-order valence-corrected chi connectivity index (χ1v) is 13.1. The van der Waals surface area contributed by atoms with Crippen LogP contribution < -0.4 is 9.46 Å². The van der Waals surface area contributed by atoms with Gasteiger partial charge < -0.3 is 4.74 Å². The Morgan fingerprint density at radius 2 is 1.61 bits per heavy atom. The lowest BCUT2D eigenvalue weighted by Crippen LogP contribution is -2.36. The molecule has 0 radical (unpaired) electrons. The number of ether oxygens (including phenoxy) is 1. The van der Waals surface area contributed by atoms with Crippen molar-refractivity contribution in [3.05, 3.63) is 83.2 Å². The Labute approximate surface area is 192 Å². The highest BCUT2D eigenvalue weighted by Crippen LogP contribution is 2.29. The number of fused-ring (bicyclic) bond motifs is 1. The second kappa shape index (κ2) is 8.77. The van der Waals surface area contributed by atoms with E-state index in [2.05, 4.69) is 4.72 Å². The smallest absolute Gasteiger partial charge is 0.261 e. The van der Waals surface area contributed by atoms with Crippen molar-refractivity contribution in [2.24, 2.45) is 0 Å². The Balaban J connectivity index is 1.58. The number of nitrogens with one attached hydrogen (secondary N) is 1. The molecule has 0 bridgehead atoms. The minimum absolute atomic E-state index is 0.0130.